The molecule has 0 aliphatic rings. The molecular weight excluding hydrogens is 267 g/mol. The molecule has 0 aliphatic heterocycles. The zero-order chi connectivity index (χ0) is 14.4. The molecule has 0 saturated carbocycles. The number of hydrogen-bond donors (Lipinski definition) is 2. The Balaban J connectivity index is 3.36. The van der Waals surface area contributed by atoms with Gasteiger partial charge in [0.25, 0.3) is 0 Å². The molecule has 0 bridgehead atoms. The van der Waals surface area contributed by atoms with Crippen LogP contribution in [0.25, 0.3) is 5.70 Å². The minimum atomic E-state index is -1.42. The van der Waals surface area contributed by atoms with Crippen LogP contribution in [0.15, 0.2) is 36.0 Å². The van der Waals surface area contributed by atoms with Gasteiger partial charge in [0.1, 0.15) is 5.75 Å². The first kappa shape index (κ1) is 15.4. The Morgan fingerprint density at radius 2 is 2.21 bits per heavy atom. The maximum absolute atomic E-state index is 13.0. The molecule has 5 heteroatoms. The molecule has 0 spiro atoms. The molecule has 0 fully saturated rings. The molecule has 0 amide bonds. The molecule has 1 rings (SSSR count). The first-order chi connectivity index (χ1) is 8.99. The van der Waals surface area contributed by atoms with E-state index in [2.05, 4.69) is 5.32 Å². The number of benzene rings is 1. The molecule has 1 aromatic rings. The number of nitrogens with one attached hydrogen (secondary N) is 1. The molecule has 104 valence electrons. The van der Waals surface area contributed by atoms with Crippen LogP contribution in [0.5, 0.6) is 5.75 Å². The molecule has 3 N–H and O–H groups in total. The van der Waals surface area contributed by atoms with Crippen molar-refractivity contribution < 1.29 is 9.13 Å². The lowest BCUT2D eigenvalue weighted by Crippen LogP contribution is -2.14. The van der Waals surface area contributed by atoms with Crippen molar-refractivity contribution in [1.82, 2.24) is 5.32 Å². The second kappa shape index (κ2) is 7.04. The molecule has 0 heterocycles. The predicted octanol–water partition coefficient (Wildman–Crippen LogP) is 3.46. The third kappa shape index (κ3) is 4.17. The molecular formula is C14H18ClFN2O. The summed E-state index contributed by atoms with van der Waals surface area (Å²) in [5.41, 5.74) is 7.73. The second-order valence-electron chi connectivity index (χ2n) is 3.88. The van der Waals surface area contributed by atoms with E-state index in [0.29, 0.717) is 27.7 Å². The van der Waals surface area contributed by atoms with Crippen LogP contribution in [-0.4, -0.2) is 13.4 Å². The number of ether oxygens (including phenoxy) is 1. The Morgan fingerprint density at radius 3 is 2.74 bits per heavy atom. The second-order valence-corrected chi connectivity index (χ2v) is 4.32. The third-order valence-corrected chi connectivity index (χ3v) is 2.62. The summed E-state index contributed by atoms with van der Waals surface area (Å²) in [5.74, 6) is 0.385. The number of alkyl halides is 1. The summed E-state index contributed by atoms with van der Waals surface area (Å²) in [6.45, 7) is 3.18. The number of rotatable bonds is 5. The summed E-state index contributed by atoms with van der Waals surface area (Å²) in [6, 6.07) is 4.94. The van der Waals surface area contributed by atoms with Gasteiger partial charge in [0.15, 0.2) is 0 Å². The first-order valence-electron chi connectivity index (χ1n) is 5.90. The number of halogens is 2. The van der Waals surface area contributed by atoms with Crippen LogP contribution >= 0.6 is 11.6 Å². The summed E-state index contributed by atoms with van der Waals surface area (Å²) in [7, 11) is 1.73. The third-order valence-electron chi connectivity index (χ3n) is 2.39. The largest absolute Gasteiger partial charge is 0.460 e. The van der Waals surface area contributed by atoms with Gasteiger partial charge in [0.2, 0.25) is 6.36 Å². The van der Waals surface area contributed by atoms with Crippen LogP contribution in [-0.2, 0) is 0 Å². The van der Waals surface area contributed by atoms with Gasteiger partial charge >= 0.3 is 0 Å². The number of hydrogen-bond acceptors (Lipinski definition) is 3. The maximum atomic E-state index is 13.0. The van der Waals surface area contributed by atoms with Gasteiger partial charge in [-0.3, -0.25) is 0 Å². The monoisotopic (exact) mass is 284 g/mol. The van der Waals surface area contributed by atoms with Crippen LogP contribution in [0.4, 0.5) is 4.39 Å². The van der Waals surface area contributed by atoms with Crippen molar-refractivity contribution in [2.24, 2.45) is 5.73 Å². The molecule has 1 unspecified atom stereocenters. The van der Waals surface area contributed by atoms with E-state index < -0.39 is 6.36 Å². The quantitative estimate of drug-likeness (QED) is 0.814. The van der Waals surface area contributed by atoms with E-state index in [1.807, 2.05) is 13.0 Å². The van der Waals surface area contributed by atoms with E-state index >= 15 is 0 Å². The van der Waals surface area contributed by atoms with E-state index in [0.717, 1.165) is 0 Å². The molecule has 0 radical (unpaired) electrons. The Kier molecular flexibility index (Phi) is 5.70. The van der Waals surface area contributed by atoms with Crippen molar-refractivity contribution in [3.8, 4) is 5.75 Å². The van der Waals surface area contributed by atoms with Crippen LogP contribution in [0, 0.1) is 0 Å². The maximum Gasteiger partial charge on any atom is 0.235 e. The van der Waals surface area contributed by atoms with Crippen molar-refractivity contribution >= 4 is 17.3 Å². The highest BCUT2D eigenvalue weighted by Crippen LogP contribution is 2.30. The lowest BCUT2D eigenvalue weighted by molar-refractivity contribution is 0.0857. The lowest BCUT2D eigenvalue weighted by Gasteiger charge is -2.16. The average molecular weight is 285 g/mol. The predicted molar refractivity (Wildman–Crippen MR) is 77.6 cm³/mol. The zero-order valence-corrected chi connectivity index (χ0v) is 12.0. The van der Waals surface area contributed by atoms with Gasteiger partial charge in [-0.05, 0) is 31.2 Å². The van der Waals surface area contributed by atoms with E-state index in [9.17, 15) is 4.39 Å². The van der Waals surface area contributed by atoms with Crippen LogP contribution in [0.3, 0.4) is 0 Å². The topological polar surface area (TPSA) is 47.3 Å². The Labute approximate surface area is 117 Å². The SMILES string of the molecule is CC=C/C(N)=C(\NC)c1cc(Cl)ccc1OC(C)F. The minimum absolute atomic E-state index is 0.385. The summed E-state index contributed by atoms with van der Waals surface area (Å²) >= 11 is 5.98. The fourth-order valence-electron chi connectivity index (χ4n) is 1.67. The van der Waals surface area contributed by atoms with Gasteiger partial charge in [-0.15, -0.1) is 0 Å². The average Bonchev–Trinajstić information content (AvgIpc) is 2.33. The molecule has 1 atom stereocenters. The van der Waals surface area contributed by atoms with Gasteiger partial charge < -0.3 is 15.8 Å². The zero-order valence-electron chi connectivity index (χ0n) is 11.2. The molecule has 1 aromatic carbocycles. The molecule has 3 nitrogen and oxygen atoms in total. The van der Waals surface area contributed by atoms with Crippen LogP contribution in [0.2, 0.25) is 5.02 Å². The number of nitrogens with two attached hydrogens (primary N) is 1. The van der Waals surface area contributed by atoms with Crippen LogP contribution in [0.1, 0.15) is 19.4 Å². The van der Waals surface area contributed by atoms with E-state index in [1.54, 1.807) is 31.3 Å². The van der Waals surface area contributed by atoms with Gasteiger partial charge in [-0.1, -0.05) is 17.7 Å². The fraction of sp³-hybridized carbons (Fsp3) is 0.286. The Hall–Kier alpha value is -1.68. The normalized spacial score (nSPS) is 14.2. The minimum Gasteiger partial charge on any atom is -0.460 e. The Morgan fingerprint density at radius 1 is 1.53 bits per heavy atom. The summed E-state index contributed by atoms with van der Waals surface area (Å²) in [5, 5.41) is 3.51. The molecule has 0 saturated heterocycles. The van der Waals surface area contributed by atoms with Gasteiger partial charge in [-0.2, -0.15) is 0 Å². The molecule has 0 aliphatic carbocycles. The smallest absolute Gasteiger partial charge is 0.235 e. The van der Waals surface area contributed by atoms with E-state index in [-0.39, 0.29) is 0 Å². The highest BCUT2D eigenvalue weighted by atomic mass is 35.5. The van der Waals surface area contributed by atoms with E-state index in [1.165, 1.54) is 6.92 Å². The van der Waals surface area contributed by atoms with Crippen molar-refractivity contribution in [1.29, 1.82) is 0 Å². The Bertz CT molecular complexity index is 498. The first-order valence-corrected chi connectivity index (χ1v) is 6.28. The van der Waals surface area contributed by atoms with Crippen molar-refractivity contribution in [2.75, 3.05) is 7.05 Å². The van der Waals surface area contributed by atoms with Crippen molar-refractivity contribution in [3.63, 3.8) is 0 Å². The summed E-state index contributed by atoms with van der Waals surface area (Å²) in [6.07, 6.45) is 2.14. The van der Waals surface area contributed by atoms with E-state index in [4.69, 9.17) is 22.1 Å². The summed E-state index contributed by atoms with van der Waals surface area (Å²) < 4.78 is 18.2. The fourth-order valence-corrected chi connectivity index (χ4v) is 1.84. The van der Waals surface area contributed by atoms with Crippen LogP contribution < -0.4 is 15.8 Å². The highest BCUT2D eigenvalue weighted by Gasteiger charge is 2.13. The van der Waals surface area contributed by atoms with Crippen molar-refractivity contribution in [3.05, 3.63) is 46.6 Å². The van der Waals surface area contributed by atoms with Gasteiger partial charge in [0, 0.05) is 24.6 Å². The lowest BCUT2D eigenvalue weighted by atomic mass is 10.1. The van der Waals surface area contributed by atoms with Gasteiger partial charge in [-0.25, -0.2) is 4.39 Å². The highest BCUT2D eigenvalue weighted by molar-refractivity contribution is 6.30. The van der Waals surface area contributed by atoms with Gasteiger partial charge in [0.05, 0.1) is 11.4 Å². The summed E-state index contributed by atoms with van der Waals surface area (Å²) in [4.78, 5) is 0. The molecule has 0 aromatic heterocycles. The standard InChI is InChI=1S/C14H18ClFN2O/c1-4-5-12(17)14(18-3)11-8-10(15)6-7-13(11)19-9(2)16/h4-9,18H,17H2,1-3H3/b5-4?,14-12+. The number of allylic oxidation sites excluding steroid dienone is 2. The van der Waals surface area contributed by atoms with Crippen molar-refractivity contribution in [2.45, 2.75) is 20.2 Å². The molecule has 19 heavy (non-hydrogen) atoms.